The van der Waals surface area contributed by atoms with Crippen LogP contribution in [0.5, 0.6) is 23.0 Å². The van der Waals surface area contributed by atoms with Crippen molar-refractivity contribution in [2.45, 2.75) is 51.1 Å². The largest absolute Gasteiger partial charge is 1.00 e. The monoisotopic (exact) mass is 550 g/mol. The Balaban J connectivity index is 0.00000190. The number of benzene rings is 2. The summed E-state index contributed by atoms with van der Waals surface area (Å²) in [7, 11) is 6.90. The maximum absolute atomic E-state index is 5.68. The summed E-state index contributed by atoms with van der Waals surface area (Å²) in [5, 5.41) is 3.83. The van der Waals surface area contributed by atoms with Crippen molar-refractivity contribution in [3.05, 3.63) is 46.5 Å². The molecule has 0 radical (unpaired) electrons. The number of halogens is 2. The summed E-state index contributed by atoms with van der Waals surface area (Å²) in [6.45, 7) is 5.66. The van der Waals surface area contributed by atoms with Crippen LogP contribution in [0.15, 0.2) is 24.3 Å². The van der Waals surface area contributed by atoms with Gasteiger partial charge in [0, 0.05) is 25.2 Å². The molecule has 2 aromatic rings. The van der Waals surface area contributed by atoms with Crippen molar-refractivity contribution in [3.8, 4) is 23.0 Å². The van der Waals surface area contributed by atoms with E-state index in [9.17, 15) is 0 Å². The molecule has 1 N–H and O–H groups in total. The summed E-state index contributed by atoms with van der Waals surface area (Å²) in [4.78, 5) is 2.72. The number of hydrogen-bond acceptors (Lipinski definition) is 6. The molecule has 37 heavy (non-hydrogen) atoms. The van der Waals surface area contributed by atoms with Crippen LogP contribution in [0.3, 0.4) is 0 Å². The molecule has 1 saturated heterocycles. The predicted molar refractivity (Wildman–Crippen MR) is 138 cm³/mol. The van der Waals surface area contributed by atoms with E-state index < -0.39 is 0 Å². The lowest BCUT2D eigenvalue weighted by molar-refractivity contribution is -0.00100. The van der Waals surface area contributed by atoms with Crippen molar-refractivity contribution in [2.75, 3.05) is 48.1 Å². The highest BCUT2D eigenvalue weighted by atomic mass is 35.5. The molecule has 8 heteroatoms. The quantitative estimate of drug-likeness (QED) is 0.475. The van der Waals surface area contributed by atoms with E-state index in [1.807, 2.05) is 0 Å². The van der Waals surface area contributed by atoms with E-state index in [2.05, 4.69) is 41.4 Å². The highest BCUT2D eigenvalue weighted by Crippen LogP contribution is 2.48. The fourth-order valence-electron chi connectivity index (χ4n) is 6.74. The Kier molecular flexibility index (Phi) is 10.3. The van der Waals surface area contributed by atoms with E-state index in [-0.39, 0.29) is 24.8 Å². The number of fused-ring (bicyclic) bond motifs is 4. The second-order valence-electron chi connectivity index (χ2n) is 10.2. The zero-order valence-electron chi connectivity index (χ0n) is 22.6. The van der Waals surface area contributed by atoms with Crippen LogP contribution in [0.4, 0.5) is 0 Å². The van der Waals surface area contributed by atoms with E-state index in [0.29, 0.717) is 23.9 Å². The lowest BCUT2D eigenvalue weighted by atomic mass is 9.72. The van der Waals surface area contributed by atoms with Crippen LogP contribution in [0.2, 0.25) is 0 Å². The fourth-order valence-corrected chi connectivity index (χ4v) is 6.74. The zero-order valence-corrected chi connectivity index (χ0v) is 24.1. The van der Waals surface area contributed by atoms with Gasteiger partial charge in [-0.2, -0.15) is 0 Å². The summed E-state index contributed by atoms with van der Waals surface area (Å²) in [5.41, 5.74) is 5.60. The molecule has 1 fully saturated rings. The maximum atomic E-state index is 5.68. The summed E-state index contributed by atoms with van der Waals surface area (Å²) >= 11 is 0. The normalized spacial score (nSPS) is 24.4. The fraction of sp³-hybridized carbons (Fsp3) is 0.586. The topological polar surface area (TPSA) is 52.2 Å². The van der Waals surface area contributed by atoms with Gasteiger partial charge in [0.25, 0.3) is 0 Å². The van der Waals surface area contributed by atoms with Crippen molar-refractivity contribution >= 4 is 0 Å². The standard InChI is InChI=1S/C29H40N2O4.2ClH/c1-6-18-17-31-10-8-20-14-27(33-3)29(35-5)16-23(20)25(31)12-21(18)11-24-22-15-28(34-4)26(32-2)13-19(22)7-9-30-24;;/h13-16,18,21,24-25,30H,6-12,17H2,1-5H3;2*1H/p-2/t18-,21-,24+,25-;;/m0../s1. The lowest BCUT2D eigenvalue weighted by Gasteiger charge is -2.48. The minimum Gasteiger partial charge on any atom is -1.00 e. The predicted octanol–water partition coefficient (Wildman–Crippen LogP) is -1.05. The van der Waals surface area contributed by atoms with Crippen LogP contribution < -0.4 is 49.1 Å². The van der Waals surface area contributed by atoms with E-state index >= 15 is 0 Å². The first kappa shape index (κ1) is 29.7. The van der Waals surface area contributed by atoms with Gasteiger partial charge >= 0.3 is 0 Å². The molecular weight excluding hydrogens is 511 g/mol. The number of hydrogen-bond donors (Lipinski definition) is 1. The molecule has 0 spiro atoms. The molecule has 0 amide bonds. The van der Waals surface area contributed by atoms with Crippen molar-refractivity contribution in [1.29, 1.82) is 0 Å². The number of piperidine rings is 1. The lowest BCUT2D eigenvalue weighted by Crippen LogP contribution is -3.00. The molecule has 0 aliphatic carbocycles. The minimum atomic E-state index is 0. The van der Waals surface area contributed by atoms with Gasteiger partial charge in [0.2, 0.25) is 0 Å². The number of nitrogens with one attached hydrogen (secondary N) is 1. The molecule has 5 rings (SSSR count). The third kappa shape index (κ3) is 5.63. The van der Waals surface area contributed by atoms with Crippen molar-refractivity contribution in [3.63, 3.8) is 0 Å². The Hall–Kier alpha value is -1.86. The smallest absolute Gasteiger partial charge is 0.161 e. The van der Waals surface area contributed by atoms with Crippen LogP contribution in [0, 0.1) is 11.8 Å². The van der Waals surface area contributed by atoms with Crippen molar-refractivity contribution < 1.29 is 43.8 Å². The summed E-state index contributed by atoms with van der Waals surface area (Å²) < 4.78 is 22.5. The van der Waals surface area contributed by atoms with Gasteiger partial charge in [0.05, 0.1) is 28.4 Å². The molecule has 0 aromatic heterocycles. The van der Waals surface area contributed by atoms with Crippen LogP contribution in [0.25, 0.3) is 0 Å². The molecule has 2 aromatic carbocycles. The van der Waals surface area contributed by atoms with Gasteiger partial charge in [0.1, 0.15) is 0 Å². The Morgan fingerprint density at radius 3 is 1.95 bits per heavy atom. The molecule has 206 valence electrons. The van der Waals surface area contributed by atoms with Gasteiger partial charge in [-0.25, -0.2) is 0 Å². The Labute approximate surface area is 234 Å². The number of rotatable bonds is 7. The minimum absolute atomic E-state index is 0. The van der Waals surface area contributed by atoms with Gasteiger partial charge in [-0.05, 0) is 90.6 Å². The van der Waals surface area contributed by atoms with Crippen LogP contribution in [0.1, 0.15) is 60.5 Å². The van der Waals surface area contributed by atoms with E-state index in [0.717, 1.165) is 55.4 Å². The summed E-state index contributed by atoms with van der Waals surface area (Å²) in [6, 6.07) is 9.61. The molecule has 0 saturated carbocycles. The van der Waals surface area contributed by atoms with Crippen molar-refractivity contribution in [1.82, 2.24) is 10.2 Å². The first-order valence-electron chi connectivity index (χ1n) is 13.1. The molecule has 3 heterocycles. The summed E-state index contributed by atoms with van der Waals surface area (Å²) in [5.74, 6) is 4.69. The maximum Gasteiger partial charge on any atom is 0.161 e. The SMILES string of the molecule is CC[C@H]1CN2CCc3cc(OC)c(OC)cc3[C@@H]2C[C@@H]1C[C@H]1NCCc2cc(OC)c(OC)cc21.[Cl-].[Cl-]. The Morgan fingerprint density at radius 2 is 1.35 bits per heavy atom. The molecule has 4 atom stereocenters. The Bertz CT molecular complexity index is 1060. The van der Waals surface area contributed by atoms with Crippen molar-refractivity contribution in [2.24, 2.45) is 11.8 Å². The first-order chi connectivity index (χ1) is 17.1. The van der Waals surface area contributed by atoms with E-state index in [1.165, 1.54) is 41.6 Å². The zero-order chi connectivity index (χ0) is 24.5. The molecule has 0 bridgehead atoms. The Morgan fingerprint density at radius 1 is 0.784 bits per heavy atom. The second kappa shape index (κ2) is 12.8. The number of methoxy groups -OCH3 is 4. The first-order valence-corrected chi connectivity index (χ1v) is 13.1. The average molecular weight is 552 g/mol. The molecule has 6 nitrogen and oxygen atoms in total. The third-order valence-corrected chi connectivity index (χ3v) is 8.64. The highest BCUT2D eigenvalue weighted by molar-refractivity contribution is 5.50. The van der Waals surface area contributed by atoms with Gasteiger partial charge < -0.3 is 49.1 Å². The van der Waals surface area contributed by atoms with E-state index in [4.69, 9.17) is 18.9 Å². The second-order valence-corrected chi connectivity index (χ2v) is 10.2. The molecule has 3 aliphatic rings. The van der Waals surface area contributed by atoms with Crippen LogP contribution >= 0.6 is 0 Å². The third-order valence-electron chi connectivity index (χ3n) is 8.64. The van der Waals surface area contributed by atoms with Crippen LogP contribution in [-0.4, -0.2) is 53.0 Å². The summed E-state index contributed by atoms with van der Waals surface area (Å²) in [6.07, 6.45) is 5.65. The molecule has 0 unspecified atom stereocenters. The van der Waals surface area contributed by atoms with Gasteiger partial charge in [-0.1, -0.05) is 13.3 Å². The molecular formula is C29H40Cl2N2O4-2. The number of nitrogens with zero attached hydrogens (tertiary/aromatic N) is 1. The molecule has 3 aliphatic heterocycles. The van der Waals surface area contributed by atoms with Gasteiger partial charge in [0.15, 0.2) is 23.0 Å². The number of ether oxygens (including phenoxy) is 4. The highest BCUT2D eigenvalue weighted by Gasteiger charge is 2.40. The van der Waals surface area contributed by atoms with Crippen LogP contribution in [-0.2, 0) is 12.8 Å². The van der Waals surface area contributed by atoms with E-state index in [1.54, 1.807) is 28.4 Å². The van der Waals surface area contributed by atoms with Gasteiger partial charge in [-0.3, -0.25) is 4.90 Å². The average Bonchev–Trinajstić information content (AvgIpc) is 2.91. The van der Waals surface area contributed by atoms with Gasteiger partial charge in [-0.15, -0.1) is 0 Å².